The maximum absolute atomic E-state index is 12.7. The minimum absolute atomic E-state index is 0.110. The molecule has 1 amide bonds. The van der Waals surface area contributed by atoms with Crippen LogP contribution in [0.25, 0.3) is 0 Å². The fourth-order valence-corrected chi connectivity index (χ4v) is 3.68. The van der Waals surface area contributed by atoms with E-state index in [9.17, 15) is 14.9 Å². The number of benzene rings is 2. The van der Waals surface area contributed by atoms with Crippen molar-refractivity contribution in [2.24, 2.45) is 11.7 Å². The highest BCUT2D eigenvalue weighted by Gasteiger charge is 2.37. The number of nitrogens with one attached hydrogen (secondary N) is 1. The first-order valence-corrected chi connectivity index (χ1v) is 9.04. The number of likely N-dealkylation sites (tertiary alicyclic amines) is 1. The molecule has 1 saturated heterocycles. The number of anilines is 1. The van der Waals surface area contributed by atoms with E-state index >= 15 is 0 Å². The Bertz CT molecular complexity index is 812. The third-order valence-corrected chi connectivity index (χ3v) is 5.29. The third-order valence-electron chi connectivity index (χ3n) is 5.29. The first-order valence-electron chi connectivity index (χ1n) is 9.04. The van der Waals surface area contributed by atoms with Gasteiger partial charge in [0.15, 0.2) is 0 Å². The summed E-state index contributed by atoms with van der Waals surface area (Å²) in [6, 6.07) is 15.9. The van der Waals surface area contributed by atoms with Crippen LogP contribution < -0.4 is 11.1 Å². The highest BCUT2D eigenvalue weighted by atomic mass is 16.6. The lowest BCUT2D eigenvalue weighted by atomic mass is 9.89. The number of nitro benzene ring substituents is 1. The maximum atomic E-state index is 12.7. The zero-order chi connectivity index (χ0) is 19.4. The number of carbonyl (C=O) groups excluding carboxylic acids is 1. The molecule has 2 aromatic carbocycles. The van der Waals surface area contributed by atoms with Crippen LogP contribution in [0.3, 0.4) is 0 Å². The van der Waals surface area contributed by atoms with Crippen molar-refractivity contribution in [3.8, 4) is 0 Å². The van der Waals surface area contributed by atoms with Crippen molar-refractivity contribution < 1.29 is 9.72 Å². The van der Waals surface area contributed by atoms with Gasteiger partial charge >= 0.3 is 0 Å². The average molecular weight is 368 g/mol. The number of nitrogens with two attached hydrogens (primary N) is 1. The van der Waals surface area contributed by atoms with E-state index in [1.54, 1.807) is 18.2 Å². The smallest absolute Gasteiger partial charge is 0.292 e. The van der Waals surface area contributed by atoms with Gasteiger partial charge in [-0.05, 0) is 31.0 Å². The predicted molar refractivity (Wildman–Crippen MR) is 104 cm³/mol. The Morgan fingerprint density at radius 2 is 1.89 bits per heavy atom. The number of nitro groups is 1. The minimum Gasteiger partial charge on any atom is -0.330 e. The zero-order valence-corrected chi connectivity index (χ0v) is 15.2. The second-order valence-electron chi connectivity index (χ2n) is 6.91. The Balaban J connectivity index is 1.71. The fourth-order valence-electron chi connectivity index (χ4n) is 3.68. The van der Waals surface area contributed by atoms with Crippen molar-refractivity contribution in [3.05, 3.63) is 70.3 Å². The van der Waals surface area contributed by atoms with Crippen LogP contribution in [-0.2, 0) is 4.79 Å². The molecule has 3 rings (SSSR count). The summed E-state index contributed by atoms with van der Waals surface area (Å²) >= 11 is 0. The monoisotopic (exact) mass is 368 g/mol. The number of amides is 1. The molecule has 3 N–H and O–H groups in total. The lowest BCUT2D eigenvalue weighted by Crippen LogP contribution is -2.41. The lowest BCUT2D eigenvalue weighted by molar-refractivity contribution is -0.383. The van der Waals surface area contributed by atoms with Gasteiger partial charge in [-0.15, -0.1) is 0 Å². The molecule has 1 heterocycles. The van der Waals surface area contributed by atoms with Crippen LogP contribution in [0.4, 0.5) is 11.4 Å². The topological polar surface area (TPSA) is 101 Å². The van der Waals surface area contributed by atoms with Crippen LogP contribution in [0.1, 0.15) is 18.4 Å². The molecular weight excluding hydrogens is 344 g/mol. The minimum atomic E-state index is -0.494. The molecule has 0 saturated carbocycles. The van der Waals surface area contributed by atoms with E-state index in [1.165, 1.54) is 11.6 Å². The van der Waals surface area contributed by atoms with Crippen molar-refractivity contribution in [1.29, 1.82) is 0 Å². The van der Waals surface area contributed by atoms with Crippen LogP contribution in [0, 0.1) is 16.0 Å². The number of para-hydroxylation sites is 2. The molecule has 0 spiro atoms. The molecule has 1 aliphatic rings. The third kappa shape index (κ3) is 4.15. The Kier molecular flexibility index (Phi) is 5.83. The molecule has 1 aliphatic heterocycles. The van der Waals surface area contributed by atoms with Crippen molar-refractivity contribution >= 4 is 17.3 Å². The van der Waals surface area contributed by atoms with Crippen LogP contribution >= 0.6 is 0 Å². The summed E-state index contributed by atoms with van der Waals surface area (Å²) in [5.74, 6) is 0.292. The molecule has 2 aromatic rings. The van der Waals surface area contributed by atoms with Crippen LogP contribution in [-0.4, -0.2) is 41.4 Å². The van der Waals surface area contributed by atoms with Crippen molar-refractivity contribution in [1.82, 2.24) is 4.90 Å². The van der Waals surface area contributed by atoms with E-state index in [0.717, 1.165) is 13.1 Å². The first kappa shape index (κ1) is 19.0. The molecule has 0 radical (unpaired) electrons. The maximum Gasteiger partial charge on any atom is 0.292 e. The molecule has 1 fully saturated rings. The van der Waals surface area contributed by atoms with Gasteiger partial charge in [0.1, 0.15) is 5.69 Å². The summed E-state index contributed by atoms with van der Waals surface area (Å²) in [4.78, 5) is 25.4. The number of hydrogen-bond donors (Lipinski definition) is 2. The SMILES string of the molecule is CC(C(=O)Nc1ccccc1[N+](=O)[O-])N1C[C@@H](CN)[C@H](c2ccccc2)C1. The summed E-state index contributed by atoms with van der Waals surface area (Å²) in [6.45, 7) is 3.83. The highest BCUT2D eigenvalue weighted by molar-refractivity contribution is 5.96. The van der Waals surface area contributed by atoms with Gasteiger partial charge in [0.2, 0.25) is 5.91 Å². The van der Waals surface area contributed by atoms with E-state index in [0.29, 0.717) is 6.54 Å². The summed E-state index contributed by atoms with van der Waals surface area (Å²) in [7, 11) is 0. The molecule has 0 aliphatic carbocycles. The molecule has 3 atom stereocenters. The second kappa shape index (κ2) is 8.28. The molecule has 7 heteroatoms. The van der Waals surface area contributed by atoms with E-state index in [1.807, 2.05) is 25.1 Å². The van der Waals surface area contributed by atoms with E-state index < -0.39 is 11.0 Å². The summed E-state index contributed by atoms with van der Waals surface area (Å²) < 4.78 is 0. The molecule has 0 aromatic heterocycles. The van der Waals surface area contributed by atoms with Gasteiger partial charge in [-0.25, -0.2) is 0 Å². The predicted octanol–water partition coefficient (Wildman–Crippen LogP) is 2.60. The second-order valence-corrected chi connectivity index (χ2v) is 6.91. The van der Waals surface area contributed by atoms with Crippen LogP contribution in [0.5, 0.6) is 0 Å². The summed E-state index contributed by atoms with van der Waals surface area (Å²) in [5.41, 5.74) is 7.30. The van der Waals surface area contributed by atoms with Gasteiger partial charge in [-0.3, -0.25) is 19.8 Å². The summed E-state index contributed by atoms with van der Waals surface area (Å²) in [6.07, 6.45) is 0. The molecular formula is C20H24N4O3. The number of rotatable bonds is 6. The molecule has 142 valence electrons. The number of hydrogen-bond acceptors (Lipinski definition) is 5. The largest absolute Gasteiger partial charge is 0.330 e. The van der Waals surface area contributed by atoms with E-state index in [-0.39, 0.29) is 29.1 Å². The average Bonchev–Trinajstić information content (AvgIpc) is 3.12. The Morgan fingerprint density at radius 3 is 2.56 bits per heavy atom. The molecule has 27 heavy (non-hydrogen) atoms. The Morgan fingerprint density at radius 1 is 1.22 bits per heavy atom. The Hall–Kier alpha value is -2.77. The molecule has 7 nitrogen and oxygen atoms in total. The van der Waals surface area contributed by atoms with Crippen molar-refractivity contribution in [2.75, 3.05) is 25.0 Å². The zero-order valence-electron chi connectivity index (χ0n) is 15.2. The number of carbonyl (C=O) groups is 1. The van der Waals surface area contributed by atoms with Gasteiger partial charge in [-0.1, -0.05) is 42.5 Å². The summed E-state index contributed by atoms with van der Waals surface area (Å²) in [5, 5.41) is 13.8. The van der Waals surface area contributed by atoms with Gasteiger partial charge in [-0.2, -0.15) is 0 Å². The van der Waals surface area contributed by atoms with Gasteiger partial charge in [0.05, 0.1) is 11.0 Å². The lowest BCUT2D eigenvalue weighted by Gasteiger charge is -2.23. The molecule has 1 unspecified atom stereocenters. The van der Waals surface area contributed by atoms with Gasteiger partial charge < -0.3 is 11.1 Å². The number of nitrogens with zero attached hydrogens (tertiary/aromatic N) is 2. The van der Waals surface area contributed by atoms with E-state index in [2.05, 4.69) is 22.3 Å². The van der Waals surface area contributed by atoms with Crippen molar-refractivity contribution in [2.45, 2.75) is 18.9 Å². The normalized spacial score (nSPS) is 21.0. The van der Waals surface area contributed by atoms with Gasteiger partial charge in [0.25, 0.3) is 5.69 Å². The van der Waals surface area contributed by atoms with Crippen LogP contribution in [0.15, 0.2) is 54.6 Å². The molecule has 0 bridgehead atoms. The fraction of sp³-hybridized carbons (Fsp3) is 0.350. The quantitative estimate of drug-likeness (QED) is 0.603. The van der Waals surface area contributed by atoms with Gasteiger partial charge in [0, 0.05) is 25.1 Å². The Labute approximate surface area is 158 Å². The first-order chi connectivity index (χ1) is 13.0. The highest BCUT2D eigenvalue weighted by Crippen LogP contribution is 2.33. The van der Waals surface area contributed by atoms with E-state index in [4.69, 9.17) is 5.73 Å². The van der Waals surface area contributed by atoms with Crippen molar-refractivity contribution in [3.63, 3.8) is 0 Å². The van der Waals surface area contributed by atoms with Crippen LogP contribution in [0.2, 0.25) is 0 Å². The standard InChI is InChI=1S/C20H24N4O3/c1-14(20(25)22-18-9-5-6-10-19(18)24(26)27)23-12-16(11-21)17(13-23)15-7-3-2-4-8-15/h2-10,14,16-17H,11-13,21H2,1H3,(H,22,25)/t14?,16-,17+/m1/s1.